The van der Waals surface area contributed by atoms with E-state index in [-0.39, 0.29) is 11.2 Å². The summed E-state index contributed by atoms with van der Waals surface area (Å²) in [5.74, 6) is -0.790. The van der Waals surface area contributed by atoms with Crippen LogP contribution in [0.5, 0.6) is 0 Å². The van der Waals surface area contributed by atoms with E-state index in [4.69, 9.17) is 5.11 Å². The summed E-state index contributed by atoms with van der Waals surface area (Å²) >= 11 is 2.97. The third-order valence-corrected chi connectivity index (χ3v) is 5.09. The predicted octanol–water partition coefficient (Wildman–Crippen LogP) is 3.78. The molecular formula is C15H20N2O2S2. The Labute approximate surface area is 133 Å². The van der Waals surface area contributed by atoms with E-state index in [0.29, 0.717) is 0 Å². The molecule has 0 aliphatic heterocycles. The summed E-state index contributed by atoms with van der Waals surface area (Å²) in [5.41, 5.74) is 3.63. The molecule has 2 aromatic rings. The standard InChI is InChI=1S/C15H20N2O2S2/c1-10-7-20-8-11(10)6-17-12(15(2,3)4)5-16-14(17)21-9-13(18)19/h5,7-8H,6,9H2,1-4H3,(H,18,19). The summed E-state index contributed by atoms with van der Waals surface area (Å²) in [6.45, 7) is 9.28. The zero-order chi connectivity index (χ0) is 15.6. The Kier molecular flexibility index (Phi) is 4.78. The second kappa shape index (κ2) is 6.23. The van der Waals surface area contributed by atoms with Crippen LogP contribution < -0.4 is 0 Å². The average Bonchev–Trinajstić information content (AvgIpc) is 2.94. The minimum atomic E-state index is -0.821. The van der Waals surface area contributed by atoms with E-state index in [0.717, 1.165) is 17.4 Å². The lowest BCUT2D eigenvalue weighted by Gasteiger charge is -2.21. The lowest BCUT2D eigenvalue weighted by molar-refractivity contribution is -0.133. The molecule has 1 N–H and O–H groups in total. The topological polar surface area (TPSA) is 55.1 Å². The van der Waals surface area contributed by atoms with Gasteiger partial charge >= 0.3 is 5.97 Å². The number of hydrogen-bond donors (Lipinski definition) is 1. The molecule has 114 valence electrons. The van der Waals surface area contributed by atoms with E-state index < -0.39 is 5.97 Å². The molecule has 0 aromatic carbocycles. The number of carboxylic acids is 1. The number of aryl methyl sites for hydroxylation is 1. The zero-order valence-electron chi connectivity index (χ0n) is 12.7. The first-order valence-electron chi connectivity index (χ1n) is 6.71. The quantitative estimate of drug-likeness (QED) is 0.851. The third-order valence-electron chi connectivity index (χ3n) is 3.20. The van der Waals surface area contributed by atoms with Gasteiger partial charge in [-0.1, -0.05) is 32.5 Å². The lowest BCUT2D eigenvalue weighted by atomic mass is 9.92. The number of thiophene rings is 1. The summed E-state index contributed by atoms with van der Waals surface area (Å²) in [5, 5.41) is 13.9. The van der Waals surface area contributed by atoms with Crippen molar-refractivity contribution < 1.29 is 9.90 Å². The minimum absolute atomic E-state index is 0.0288. The molecule has 0 saturated carbocycles. The third kappa shape index (κ3) is 3.89. The molecule has 0 fully saturated rings. The molecule has 0 spiro atoms. The molecule has 0 atom stereocenters. The van der Waals surface area contributed by atoms with Crippen LogP contribution >= 0.6 is 23.1 Å². The second-order valence-corrected chi connectivity index (χ2v) is 7.71. The van der Waals surface area contributed by atoms with Gasteiger partial charge in [-0.2, -0.15) is 11.3 Å². The predicted molar refractivity (Wildman–Crippen MR) is 87.4 cm³/mol. The van der Waals surface area contributed by atoms with Crippen molar-refractivity contribution in [3.63, 3.8) is 0 Å². The van der Waals surface area contributed by atoms with Crippen LogP contribution in [0.2, 0.25) is 0 Å². The molecule has 0 radical (unpaired) electrons. The van der Waals surface area contributed by atoms with Gasteiger partial charge in [0, 0.05) is 17.3 Å². The Bertz CT molecular complexity index is 638. The number of rotatable bonds is 5. The van der Waals surface area contributed by atoms with Crippen LogP contribution in [0.15, 0.2) is 22.1 Å². The van der Waals surface area contributed by atoms with Gasteiger partial charge < -0.3 is 9.67 Å². The van der Waals surface area contributed by atoms with Gasteiger partial charge in [0.05, 0.1) is 12.3 Å². The molecule has 0 unspecified atom stereocenters. The van der Waals surface area contributed by atoms with Gasteiger partial charge in [0.2, 0.25) is 0 Å². The fourth-order valence-corrected chi connectivity index (χ4v) is 3.62. The number of aliphatic carboxylic acids is 1. The normalized spacial score (nSPS) is 11.8. The van der Waals surface area contributed by atoms with Gasteiger partial charge in [0.1, 0.15) is 0 Å². The van der Waals surface area contributed by atoms with Gasteiger partial charge in [-0.05, 0) is 28.8 Å². The highest BCUT2D eigenvalue weighted by Gasteiger charge is 2.22. The summed E-state index contributed by atoms with van der Waals surface area (Å²) in [7, 11) is 0. The fourth-order valence-electron chi connectivity index (χ4n) is 2.07. The van der Waals surface area contributed by atoms with Crippen molar-refractivity contribution in [1.82, 2.24) is 9.55 Å². The SMILES string of the molecule is Cc1cscc1Cn1c(C(C)(C)C)cnc1SCC(=O)O. The summed E-state index contributed by atoms with van der Waals surface area (Å²) in [6.07, 6.45) is 1.87. The summed E-state index contributed by atoms with van der Waals surface area (Å²) < 4.78 is 2.14. The number of nitrogens with zero attached hydrogens (tertiary/aromatic N) is 2. The molecule has 2 aromatic heterocycles. The first-order valence-corrected chi connectivity index (χ1v) is 8.64. The van der Waals surface area contributed by atoms with Crippen molar-refractivity contribution in [2.45, 2.75) is 44.8 Å². The number of hydrogen-bond acceptors (Lipinski definition) is 4. The second-order valence-electron chi connectivity index (χ2n) is 6.02. The van der Waals surface area contributed by atoms with Crippen molar-refractivity contribution in [3.8, 4) is 0 Å². The fraction of sp³-hybridized carbons (Fsp3) is 0.467. The first kappa shape index (κ1) is 16.1. The molecule has 0 aliphatic carbocycles. The Morgan fingerprint density at radius 1 is 1.43 bits per heavy atom. The molecule has 0 amide bonds. The average molecular weight is 324 g/mol. The van der Waals surface area contributed by atoms with E-state index >= 15 is 0 Å². The number of aromatic nitrogens is 2. The highest BCUT2D eigenvalue weighted by Crippen LogP contribution is 2.29. The number of carboxylic acid groups (broad SMARTS) is 1. The minimum Gasteiger partial charge on any atom is -0.481 e. The van der Waals surface area contributed by atoms with E-state index in [2.05, 4.69) is 48.0 Å². The monoisotopic (exact) mass is 324 g/mol. The molecule has 21 heavy (non-hydrogen) atoms. The van der Waals surface area contributed by atoms with Gasteiger partial charge in [-0.3, -0.25) is 4.79 Å². The Morgan fingerprint density at radius 3 is 2.67 bits per heavy atom. The van der Waals surface area contributed by atoms with Gasteiger partial charge in [0.15, 0.2) is 5.16 Å². The molecule has 0 bridgehead atoms. The first-order chi connectivity index (χ1) is 9.79. The molecule has 2 heterocycles. The molecule has 4 nitrogen and oxygen atoms in total. The van der Waals surface area contributed by atoms with Crippen LogP contribution in [0.1, 0.15) is 37.6 Å². The van der Waals surface area contributed by atoms with Crippen LogP contribution in [0.4, 0.5) is 0 Å². The Morgan fingerprint density at radius 2 is 2.14 bits per heavy atom. The van der Waals surface area contributed by atoms with Gasteiger partial charge in [0.25, 0.3) is 0 Å². The van der Waals surface area contributed by atoms with Crippen LogP contribution in [0, 0.1) is 6.92 Å². The molecule has 0 saturated heterocycles. The van der Waals surface area contributed by atoms with Crippen molar-refractivity contribution in [3.05, 3.63) is 33.8 Å². The molecule has 6 heteroatoms. The van der Waals surface area contributed by atoms with Crippen molar-refractivity contribution >= 4 is 29.1 Å². The van der Waals surface area contributed by atoms with Crippen molar-refractivity contribution in [2.75, 3.05) is 5.75 Å². The number of carbonyl (C=O) groups is 1. The van der Waals surface area contributed by atoms with Crippen LogP contribution in [-0.2, 0) is 16.8 Å². The Hall–Kier alpha value is -1.27. The largest absolute Gasteiger partial charge is 0.481 e. The van der Waals surface area contributed by atoms with Crippen LogP contribution in [-0.4, -0.2) is 26.4 Å². The van der Waals surface area contributed by atoms with E-state index in [9.17, 15) is 4.79 Å². The smallest absolute Gasteiger partial charge is 0.313 e. The van der Waals surface area contributed by atoms with E-state index in [1.54, 1.807) is 11.3 Å². The molecular weight excluding hydrogens is 304 g/mol. The molecule has 0 aliphatic rings. The highest BCUT2D eigenvalue weighted by atomic mass is 32.2. The van der Waals surface area contributed by atoms with E-state index in [1.165, 1.54) is 22.9 Å². The van der Waals surface area contributed by atoms with Gasteiger partial charge in [-0.25, -0.2) is 4.98 Å². The number of thioether (sulfide) groups is 1. The van der Waals surface area contributed by atoms with Gasteiger partial charge in [-0.15, -0.1) is 0 Å². The zero-order valence-corrected chi connectivity index (χ0v) is 14.3. The maximum absolute atomic E-state index is 10.8. The van der Waals surface area contributed by atoms with Crippen molar-refractivity contribution in [2.24, 2.45) is 0 Å². The maximum Gasteiger partial charge on any atom is 0.313 e. The summed E-state index contributed by atoms with van der Waals surface area (Å²) in [6, 6.07) is 0. The number of imidazole rings is 1. The molecule has 2 rings (SSSR count). The van der Waals surface area contributed by atoms with Crippen LogP contribution in [0.3, 0.4) is 0 Å². The lowest BCUT2D eigenvalue weighted by Crippen LogP contribution is -2.19. The Balaban J connectivity index is 2.36. The van der Waals surface area contributed by atoms with E-state index in [1.807, 2.05) is 6.20 Å². The summed E-state index contributed by atoms with van der Waals surface area (Å²) in [4.78, 5) is 15.2. The van der Waals surface area contributed by atoms with Crippen LogP contribution in [0.25, 0.3) is 0 Å². The maximum atomic E-state index is 10.8. The highest BCUT2D eigenvalue weighted by molar-refractivity contribution is 7.99. The van der Waals surface area contributed by atoms with Crippen molar-refractivity contribution in [1.29, 1.82) is 0 Å².